The fourth-order valence-corrected chi connectivity index (χ4v) is 0.733. The van der Waals surface area contributed by atoms with Gasteiger partial charge < -0.3 is 9.73 Å². The molecule has 4 nitrogen and oxygen atoms in total. The minimum atomic E-state index is -0.505. The number of hydrogen-bond donors (Lipinski definition) is 1. The second-order valence-electron chi connectivity index (χ2n) is 1.95. The molecule has 0 radical (unpaired) electrons. The molecule has 0 bridgehead atoms. The van der Waals surface area contributed by atoms with Gasteiger partial charge in [0.05, 0.1) is 0 Å². The lowest BCUT2D eigenvalue weighted by molar-refractivity contribution is 0.476. The lowest BCUT2D eigenvalue weighted by atomic mass is 10.5. The van der Waals surface area contributed by atoms with Crippen molar-refractivity contribution in [2.24, 2.45) is 0 Å². The van der Waals surface area contributed by atoms with Crippen molar-refractivity contribution in [3.63, 3.8) is 0 Å². The summed E-state index contributed by atoms with van der Waals surface area (Å²) >= 11 is 5.58. The average Bonchev–Trinajstić information content (AvgIpc) is 1.97. The van der Waals surface area contributed by atoms with E-state index in [1.807, 2.05) is 0 Å². The van der Waals surface area contributed by atoms with E-state index in [9.17, 15) is 4.79 Å². The first-order chi connectivity index (χ1) is 5.15. The first kappa shape index (κ1) is 8.07. The molecule has 0 aliphatic heterocycles. The summed E-state index contributed by atoms with van der Waals surface area (Å²) in [6.07, 6.45) is 0. The molecule has 1 aromatic heterocycles. The van der Waals surface area contributed by atoms with E-state index in [0.29, 0.717) is 5.76 Å². The number of anilines is 1. The highest BCUT2D eigenvalue weighted by atomic mass is 35.5. The fourth-order valence-electron chi connectivity index (χ4n) is 0.610. The van der Waals surface area contributed by atoms with Crippen LogP contribution in [-0.4, -0.2) is 12.0 Å². The van der Waals surface area contributed by atoms with Crippen molar-refractivity contribution in [2.45, 2.75) is 6.92 Å². The molecule has 11 heavy (non-hydrogen) atoms. The van der Waals surface area contributed by atoms with Crippen molar-refractivity contribution < 1.29 is 4.42 Å². The van der Waals surface area contributed by atoms with E-state index in [1.54, 1.807) is 14.0 Å². The topological polar surface area (TPSA) is 55.1 Å². The van der Waals surface area contributed by atoms with E-state index < -0.39 is 5.63 Å². The molecule has 5 heteroatoms. The maximum Gasteiger partial charge on any atom is 0.379 e. The van der Waals surface area contributed by atoms with E-state index >= 15 is 0 Å². The molecule has 0 aliphatic rings. The Kier molecular flexibility index (Phi) is 2.14. The predicted molar refractivity (Wildman–Crippen MR) is 42.1 cm³/mol. The van der Waals surface area contributed by atoms with Crippen LogP contribution in [0.1, 0.15) is 5.76 Å². The van der Waals surface area contributed by atoms with Crippen LogP contribution in [0.4, 0.5) is 5.82 Å². The number of hydrogen-bond acceptors (Lipinski definition) is 4. The van der Waals surface area contributed by atoms with Crippen molar-refractivity contribution in [2.75, 3.05) is 12.4 Å². The Morgan fingerprint density at radius 1 is 1.64 bits per heavy atom. The van der Waals surface area contributed by atoms with Crippen LogP contribution in [0.25, 0.3) is 0 Å². The molecule has 0 fully saturated rings. The highest BCUT2D eigenvalue weighted by Gasteiger charge is 2.05. The number of aryl methyl sites for hydroxylation is 1. The first-order valence-electron chi connectivity index (χ1n) is 3.00. The SMILES string of the molecule is CNc1nc(Cl)c(C)oc1=O. The van der Waals surface area contributed by atoms with E-state index in [2.05, 4.69) is 10.3 Å². The van der Waals surface area contributed by atoms with E-state index in [-0.39, 0.29) is 11.0 Å². The maximum absolute atomic E-state index is 10.9. The van der Waals surface area contributed by atoms with Crippen LogP contribution in [0.2, 0.25) is 5.15 Å². The van der Waals surface area contributed by atoms with Crippen LogP contribution in [0.3, 0.4) is 0 Å². The quantitative estimate of drug-likeness (QED) is 0.691. The third-order valence-electron chi connectivity index (χ3n) is 1.18. The number of nitrogens with zero attached hydrogens (tertiary/aromatic N) is 1. The summed E-state index contributed by atoms with van der Waals surface area (Å²) < 4.78 is 4.72. The van der Waals surface area contributed by atoms with Crippen molar-refractivity contribution in [1.82, 2.24) is 4.98 Å². The van der Waals surface area contributed by atoms with Gasteiger partial charge in [-0.25, -0.2) is 9.78 Å². The molecule has 0 aliphatic carbocycles. The van der Waals surface area contributed by atoms with Gasteiger partial charge in [-0.1, -0.05) is 11.6 Å². The summed E-state index contributed by atoms with van der Waals surface area (Å²) in [5.74, 6) is 0.455. The van der Waals surface area contributed by atoms with Gasteiger partial charge in [-0.05, 0) is 6.92 Å². The van der Waals surface area contributed by atoms with Crippen molar-refractivity contribution >= 4 is 17.4 Å². The Hall–Kier alpha value is -1.03. The van der Waals surface area contributed by atoms with E-state index in [4.69, 9.17) is 16.0 Å². The largest absolute Gasteiger partial charge is 0.422 e. The van der Waals surface area contributed by atoms with Gasteiger partial charge >= 0.3 is 5.63 Å². The van der Waals surface area contributed by atoms with Crippen LogP contribution in [0.15, 0.2) is 9.21 Å². The zero-order chi connectivity index (χ0) is 8.43. The van der Waals surface area contributed by atoms with Gasteiger partial charge in [-0.2, -0.15) is 0 Å². The molecule has 0 aromatic carbocycles. The Morgan fingerprint density at radius 3 is 2.82 bits per heavy atom. The van der Waals surface area contributed by atoms with Gasteiger partial charge in [-0.15, -0.1) is 0 Å². The standard InChI is InChI=1S/C6H7ClN2O2/c1-3-4(7)9-5(8-2)6(10)11-3/h1-2H3,(H,8,9). The van der Waals surface area contributed by atoms with Crippen molar-refractivity contribution in [3.05, 3.63) is 21.3 Å². The number of nitrogens with one attached hydrogen (secondary N) is 1. The minimum absolute atomic E-state index is 0.126. The van der Waals surface area contributed by atoms with Gasteiger partial charge in [0.2, 0.25) is 5.82 Å². The Morgan fingerprint density at radius 2 is 2.27 bits per heavy atom. The van der Waals surface area contributed by atoms with Crippen LogP contribution in [0.5, 0.6) is 0 Å². The Balaban J connectivity index is 3.32. The van der Waals surface area contributed by atoms with Gasteiger partial charge in [0.15, 0.2) is 5.15 Å². The van der Waals surface area contributed by atoms with Crippen LogP contribution < -0.4 is 10.9 Å². The molecule has 0 spiro atoms. The Labute approximate surface area is 68.2 Å². The molecule has 0 amide bonds. The van der Waals surface area contributed by atoms with Gasteiger partial charge in [0.1, 0.15) is 5.76 Å². The third kappa shape index (κ3) is 1.51. The molecule has 60 valence electrons. The van der Waals surface area contributed by atoms with Crippen molar-refractivity contribution in [1.29, 1.82) is 0 Å². The molecule has 0 atom stereocenters. The van der Waals surface area contributed by atoms with E-state index in [1.165, 1.54) is 0 Å². The summed E-state index contributed by atoms with van der Waals surface area (Å²) in [6.45, 7) is 1.58. The maximum atomic E-state index is 10.9. The highest BCUT2D eigenvalue weighted by Crippen LogP contribution is 2.10. The number of halogens is 1. The monoisotopic (exact) mass is 174 g/mol. The summed E-state index contributed by atoms with van der Waals surface area (Å²) in [6, 6.07) is 0. The number of aromatic nitrogens is 1. The molecule has 1 aromatic rings. The summed E-state index contributed by atoms with van der Waals surface area (Å²) in [5, 5.41) is 2.76. The lowest BCUT2D eigenvalue weighted by Gasteiger charge is -1.98. The molecular formula is C6H7ClN2O2. The molecular weight excluding hydrogens is 168 g/mol. The zero-order valence-corrected chi connectivity index (χ0v) is 6.90. The van der Waals surface area contributed by atoms with Crippen LogP contribution >= 0.6 is 11.6 Å². The second-order valence-corrected chi connectivity index (χ2v) is 2.30. The molecule has 0 saturated heterocycles. The van der Waals surface area contributed by atoms with Crippen LogP contribution in [-0.2, 0) is 0 Å². The molecule has 0 saturated carbocycles. The molecule has 1 rings (SSSR count). The van der Waals surface area contributed by atoms with Crippen LogP contribution in [0, 0.1) is 6.92 Å². The molecule has 1 N–H and O–H groups in total. The zero-order valence-electron chi connectivity index (χ0n) is 6.14. The van der Waals surface area contributed by atoms with Gasteiger partial charge in [-0.3, -0.25) is 0 Å². The number of rotatable bonds is 1. The summed E-state index contributed by atoms with van der Waals surface area (Å²) in [4.78, 5) is 14.6. The lowest BCUT2D eigenvalue weighted by Crippen LogP contribution is -2.10. The first-order valence-corrected chi connectivity index (χ1v) is 3.38. The molecule has 0 unspecified atom stereocenters. The third-order valence-corrected chi connectivity index (χ3v) is 1.53. The minimum Gasteiger partial charge on any atom is -0.422 e. The Bertz CT molecular complexity index is 321. The average molecular weight is 175 g/mol. The summed E-state index contributed by atoms with van der Waals surface area (Å²) in [5.41, 5.74) is -0.505. The van der Waals surface area contributed by atoms with Gasteiger partial charge in [0.25, 0.3) is 0 Å². The molecule has 1 heterocycles. The van der Waals surface area contributed by atoms with Gasteiger partial charge in [0, 0.05) is 7.05 Å². The smallest absolute Gasteiger partial charge is 0.379 e. The summed E-state index contributed by atoms with van der Waals surface area (Å²) in [7, 11) is 1.57. The second kappa shape index (κ2) is 2.92. The normalized spacial score (nSPS) is 9.73. The predicted octanol–water partition coefficient (Wildman–Crippen LogP) is 1.04. The fraction of sp³-hybridized carbons (Fsp3) is 0.333. The van der Waals surface area contributed by atoms with E-state index in [0.717, 1.165) is 0 Å². The highest BCUT2D eigenvalue weighted by molar-refractivity contribution is 6.29. The van der Waals surface area contributed by atoms with Crippen molar-refractivity contribution in [3.8, 4) is 0 Å².